The van der Waals surface area contributed by atoms with Crippen LogP contribution in [0.5, 0.6) is 0 Å². The van der Waals surface area contributed by atoms with Crippen LogP contribution >= 0.6 is 31.9 Å². The third kappa shape index (κ3) is 4.28. The van der Waals surface area contributed by atoms with Gasteiger partial charge in [-0.2, -0.15) is 0 Å². The quantitative estimate of drug-likeness (QED) is 0.592. The Morgan fingerprint density at radius 2 is 0.889 bits per heavy atom. The monoisotopic (exact) mass is 362 g/mol. The molecule has 0 bridgehead atoms. The summed E-state index contributed by atoms with van der Waals surface area (Å²) >= 11 is 6.84. The number of hydrogen-bond donors (Lipinski definition) is 0. The van der Waals surface area contributed by atoms with Crippen LogP contribution < -0.4 is 0 Å². The van der Waals surface area contributed by atoms with E-state index >= 15 is 0 Å². The highest BCUT2D eigenvalue weighted by atomic mass is 79.9. The summed E-state index contributed by atoms with van der Waals surface area (Å²) < 4.78 is 2.20. The van der Waals surface area contributed by atoms with Gasteiger partial charge in [-0.05, 0) is 35.4 Å². The van der Waals surface area contributed by atoms with Crippen molar-refractivity contribution >= 4 is 44.0 Å². The standard InChI is InChI=1S/C16H12Br2/c17-15-9-5-13(6-10-15)3-1-2-4-14-7-11-16(18)12-8-14/h1-12H/b3-1-,4-2+. The SMILES string of the molecule is Brc1ccc(/C=C\C=C\c2ccc(Br)cc2)cc1. The van der Waals surface area contributed by atoms with Crippen LogP contribution in [0, 0.1) is 0 Å². The van der Waals surface area contributed by atoms with Crippen molar-refractivity contribution in [3.05, 3.63) is 80.8 Å². The average molecular weight is 364 g/mol. The summed E-state index contributed by atoms with van der Waals surface area (Å²) in [6, 6.07) is 16.5. The van der Waals surface area contributed by atoms with Crippen LogP contribution in [0.4, 0.5) is 0 Å². The van der Waals surface area contributed by atoms with Crippen molar-refractivity contribution in [3.63, 3.8) is 0 Å². The molecule has 0 spiro atoms. The normalized spacial score (nSPS) is 11.4. The van der Waals surface area contributed by atoms with E-state index in [0.717, 1.165) is 8.95 Å². The number of hydrogen-bond acceptors (Lipinski definition) is 0. The zero-order valence-electron chi connectivity index (χ0n) is 9.68. The minimum atomic E-state index is 1.10. The van der Waals surface area contributed by atoms with Gasteiger partial charge in [0, 0.05) is 8.95 Å². The van der Waals surface area contributed by atoms with Gasteiger partial charge in [-0.3, -0.25) is 0 Å². The van der Waals surface area contributed by atoms with E-state index in [-0.39, 0.29) is 0 Å². The van der Waals surface area contributed by atoms with Crippen molar-refractivity contribution in [2.75, 3.05) is 0 Å². The minimum Gasteiger partial charge on any atom is -0.0617 e. The highest BCUT2D eigenvalue weighted by molar-refractivity contribution is 9.10. The van der Waals surface area contributed by atoms with Crippen LogP contribution in [0.25, 0.3) is 12.2 Å². The highest BCUT2D eigenvalue weighted by Gasteiger charge is 1.87. The predicted octanol–water partition coefficient (Wildman–Crippen LogP) is 5.94. The van der Waals surface area contributed by atoms with Gasteiger partial charge >= 0.3 is 0 Å². The topological polar surface area (TPSA) is 0 Å². The van der Waals surface area contributed by atoms with E-state index in [1.807, 2.05) is 36.4 Å². The molecule has 0 saturated carbocycles. The molecule has 0 aliphatic heterocycles. The molecule has 2 aromatic rings. The van der Waals surface area contributed by atoms with Gasteiger partial charge in [0.05, 0.1) is 0 Å². The number of rotatable bonds is 3. The Hall–Kier alpha value is -1.12. The lowest BCUT2D eigenvalue weighted by Crippen LogP contribution is -1.71. The van der Waals surface area contributed by atoms with Gasteiger partial charge in [0.25, 0.3) is 0 Å². The van der Waals surface area contributed by atoms with Crippen LogP contribution in [0.2, 0.25) is 0 Å². The molecule has 0 aliphatic rings. The summed E-state index contributed by atoms with van der Waals surface area (Å²) in [7, 11) is 0. The molecule has 0 heterocycles. The van der Waals surface area contributed by atoms with Gasteiger partial charge in [0.1, 0.15) is 0 Å². The third-order valence-electron chi connectivity index (χ3n) is 2.43. The molecular formula is C16H12Br2. The van der Waals surface area contributed by atoms with E-state index in [2.05, 4.69) is 68.3 Å². The molecule has 0 aliphatic carbocycles. The number of halogens is 2. The molecule has 0 atom stereocenters. The van der Waals surface area contributed by atoms with E-state index in [9.17, 15) is 0 Å². The molecule has 0 fully saturated rings. The van der Waals surface area contributed by atoms with Crippen molar-refractivity contribution in [2.45, 2.75) is 0 Å². The van der Waals surface area contributed by atoms with E-state index in [0.29, 0.717) is 0 Å². The van der Waals surface area contributed by atoms with E-state index < -0.39 is 0 Å². The van der Waals surface area contributed by atoms with Crippen LogP contribution in [0.15, 0.2) is 69.6 Å². The average Bonchev–Trinajstić information content (AvgIpc) is 2.39. The van der Waals surface area contributed by atoms with E-state index in [1.165, 1.54) is 11.1 Å². The molecule has 18 heavy (non-hydrogen) atoms. The highest BCUT2D eigenvalue weighted by Crippen LogP contribution is 2.13. The first kappa shape index (κ1) is 13.3. The summed E-state index contributed by atoms with van der Waals surface area (Å²) in [4.78, 5) is 0. The molecule has 90 valence electrons. The molecule has 0 saturated heterocycles. The number of benzene rings is 2. The first-order valence-electron chi connectivity index (χ1n) is 5.60. The second-order valence-corrected chi connectivity index (χ2v) is 5.65. The van der Waals surface area contributed by atoms with Crippen molar-refractivity contribution in [2.24, 2.45) is 0 Å². The summed E-state index contributed by atoms with van der Waals surface area (Å²) in [5.74, 6) is 0. The maximum atomic E-state index is 3.42. The molecule has 0 aromatic heterocycles. The molecule has 0 radical (unpaired) electrons. The van der Waals surface area contributed by atoms with Crippen molar-refractivity contribution in [1.82, 2.24) is 0 Å². The Labute approximate surface area is 124 Å². The first-order chi connectivity index (χ1) is 8.74. The smallest absolute Gasteiger partial charge is 0.0175 e. The summed E-state index contributed by atoms with van der Waals surface area (Å²) in [6.07, 6.45) is 8.26. The Morgan fingerprint density at radius 1 is 0.556 bits per heavy atom. The lowest BCUT2D eigenvalue weighted by atomic mass is 10.2. The van der Waals surface area contributed by atoms with E-state index in [1.54, 1.807) is 0 Å². The largest absolute Gasteiger partial charge is 0.0617 e. The van der Waals surface area contributed by atoms with E-state index in [4.69, 9.17) is 0 Å². The lowest BCUT2D eigenvalue weighted by Gasteiger charge is -1.93. The van der Waals surface area contributed by atoms with Crippen molar-refractivity contribution in [3.8, 4) is 0 Å². The summed E-state index contributed by atoms with van der Waals surface area (Å²) in [6.45, 7) is 0. The molecular weight excluding hydrogens is 352 g/mol. The second kappa shape index (κ2) is 6.72. The zero-order chi connectivity index (χ0) is 12.8. The molecule has 0 N–H and O–H groups in total. The van der Waals surface area contributed by atoms with Gasteiger partial charge in [-0.15, -0.1) is 0 Å². The number of allylic oxidation sites excluding steroid dienone is 2. The van der Waals surface area contributed by atoms with Gasteiger partial charge in [-0.25, -0.2) is 0 Å². The second-order valence-electron chi connectivity index (χ2n) is 3.82. The van der Waals surface area contributed by atoms with Crippen LogP contribution in [-0.2, 0) is 0 Å². The zero-order valence-corrected chi connectivity index (χ0v) is 12.9. The van der Waals surface area contributed by atoms with Gasteiger partial charge in [0.2, 0.25) is 0 Å². The fourth-order valence-electron chi connectivity index (χ4n) is 1.48. The fourth-order valence-corrected chi connectivity index (χ4v) is 2.01. The first-order valence-corrected chi connectivity index (χ1v) is 7.18. The molecule has 2 aromatic carbocycles. The molecule has 2 rings (SSSR count). The van der Waals surface area contributed by atoms with Crippen LogP contribution in [0.1, 0.15) is 11.1 Å². The minimum absolute atomic E-state index is 1.10. The molecule has 2 heteroatoms. The summed E-state index contributed by atoms with van der Waals surface area (Å²) in [5.41, 5.74) is 2.39. The maximum Gasteiger partial charge on any atom is 0.0175 e. The Kier molecular flexibility index (Phi) is 4.97. The molecule has 0 unspecified atom stereocenters. The molecule has 0 amide bonds. The van der Waals surface area contributed by atoms with Crippen LogP contribution in [-0.4, -0.2) is 0 Å². The third-order valence-corrected chi connectivity index (χ3v) is 3.49. The fraction of sp³-hybridized carbons (Fsp3) is 0. The van der Waals surface area contributed by atoms with Crippen LogP contribution in [0.3, 0.4) is 0 Å². The Balaban J connectivity index is 1.98. The van der Waals surface area contributed by atoms with Crippen molar-refractivity contribution in [1.29, 1.82) is 0 Å². The lowest BCUT2D eigenvalue weighted by molar-refractivity contribution is 1.61. The van der Waals surface area contributed by atoms with Gasteiger partial charge in [-0.1, -0.05) is 80.4 Å². The van der Waals surface area contributed by atoms with Gasteiger partial charge in [0.15, 0.2) is 0 Å². The predicted molar refractivity (Wildman–Crippen MR) is 86.4 cm³/mol. The van der Waals surface area contributed by atoms with Crippen molar-refractivity contribution < 1.29 is 0 Å². The maximum absolute atomic E-state index is 3.42. The molecule has 0 nitrogen and oxygen atoms in total. The Morgan fingerprint density at radius 3 is 1.22 bits per heavy atom. The summed E-state index contributed by atoms with van der Waals surface area (Å²) in [5, 5.41) is 0. The van der Waals surface area contributed by atoms with Gasteiger partial charge < -0.3 is 0 Å². The Bertz CT molecular complexity index is 495.